The van der Waals surface area contributed by atoms with Crippen molar-refractivity contribution in [2.45, 2.75) is 26.9 Å². The van der Waals surface area contributed by atoms with Crippen molar-refractivity contribution < 1.29 is 0 Å². The van der Waals surface area contributed by atoms with Crippen molar-refractivity contribution in [3.05, 3.63) is 57.3 Å². The van der Waals surface area contributed by atoms with Gasteiger partial charge in [-0.1, -0.05) is 24.3 Å². The molecule has 0 aliphatic heterocycles. The Bertz CT molecular complexity index is 459. The summed E-state index contributed by atoms with van der Waals surface area (Å²) in [5.41, 5.74) is 5.55. The number of nitrogens with one attached hydrogen (secondary N) is 1. The lowest BCUT2D eigenvalue weighted by Crippen LogP contribution is -2.13. The predicted octanol–water partition coefficient (Wildman–Crippen LogP) is 3.65. The molecule has 0 aliphatic carbocycles. The molecule has 0 amide bonds. The van der Waals surface area contributed by atoms with Crippen LogP contribution in [0.25, 0.3) is 0 Å². The van der Waals surface area contributed by atoms with E-state index in [2.05, 4.69) is 54.2 Å². The molecule has 0 saturated carbocycles. The first-order valence-electron chi connectivity index (χ1n) is 5.54. The lowest BCUT2D eigenvalue weighted by atomic mass is 10.1. The highest BCUT2D eigenvalue weighted by Crippen LogP contribution is 2.13. The Hall–Kier alpha value is -1.12. The maximum atomic E-state index is 3.49. The highest BCUT2D eigenvalue weighted by molar-refractivity contribution is 7.08. The standard InChI is InChI=1S/C14H17NS/c1-11-5-3-4-6-13(11)7-15-8-14-10-16-9-12(14)2/h3-6,9-10,15H,7-8H2,1-2H3. The zero-order valence-corrected chi connectivity index (χ0v) is 10.6. The molecule has 1 N–H and O–H groups in total. The van der Waals surface area contributed by atoms with Gasteiger partial charge in [-0.25, -0.2) is 0 Å². The molecule has 84 valence electrons. The van der Waals surface area contributed by atoms with Gasteiger partial charge in [-0.05, 0) is 46.9 Å². The molecule has 2 aromatic rings. The highest BCUT2D eigenvalue weighted by atomic mass is 32.1. The molecular formula is C14H17NS. The molecule has 0 spiro atoms. The Balaban J connectivity index is 1.89. The number of hydrogen-bond donors (Lipinski definition) is 1. The van der Waals surface area contributed by atoms with E-state index in [1.807, 2.05) is 0 Å². The number of rotatable bonds is 4. The maximum absolute atomic E-state index is 3.49. The lowest BCUT2D eigenvalue weighted by molar-refractivity contribution is 0.690. The third kappa shape index (κ3) is 2.71. The number of thiophene rings is 1. The van der Waals surface area contributed by atoms with Crippen LogP contribution in [0.1, 0.15) is 22.3 Å². The van der Waals surface area contributed by atoms with Gasteiger partial charge in [-0.3, -0.25) is 0 Å². The molecule has 1 nitrogen and oxygen atoms in total. The lowest BCUT2D eigenvalue weighted by Gasteiger charge is -2.07. The van der Waals surface area contributed by atoms with Gasteiger partial charge in [0, 0.05) is 13.1 Å². The van der Waals surface area contributed by atoms with Gasteiger partial charge in [0.2, 0.25) is 0 Å². The summed E-state index contributed by atoms with van der Waals surface area (Å²) in [4.78, 5) is 0. The smallest absolute Gasteiger partial charge is 0.0219 e. The second-order valence-corrected chi connectivity index (χ2v) is 4.85. The van der Waals surface area contributed by atoms with Crippen LogP contribution < -0.4 is 5.32 Å². The van der Waals surface area contributed by atoms with Crippen molar-refractivity contribution in [2.75, 3.05) is 0 Å². The summed E-state index contributed by atoms with van der Waals surface area (Å²) in [5.74, 6) is 0. The highest BCUT2D eigenvalue weighted by Gasteiger charge is 2.00. The summed E-state index contributed by atoms with van der Waals surface area (Å²) in [5, 5.41) is 7.91. The van der Waals surface area contributed by atoms with E-state index in [0.29, 0.717) is 0 Å². The molecular weight excluding hydrogens is 214 g/mol. The first-order valence-corrected chi connectivity index (χ1v) is 6.48. The summed E-state index contributed by atoms with van der Waals surface area (Å²) < 4.78 is 0. The summed E-state index contributed by atoms with van der Waals surface area (Å²) >= 11 is 1.78. The van der Waals surface area contributed by atoms with E-state index in [4.69, 9.17) is 0 Å². The van der Waals surface area contributed by atoms with Gasteiger partial charge in [-0.2, -0.15) is 11.3 Å². The maximum Gasteiger partial charge on any atom is 0.0219 e. The first-order chi connectivity index (χ1) is 7.77. The van der Waals surface area contributed by atoms with E-state index in [1.165, 1.54) is 22.3 Å². The predicted molar refractivity (Wildman–Crippen MR) is 70.8 cm³/mol. The van der Waals surface area contributed by atoms with Crippen molar-refractivity contribution in [3.63, 3.8) is 0 Å². The van der Waals surface area contributed by atoms with Crippen LogP contribution >= 0.6 is 11.3 Å². The van der Waals surface area contributed by atoms with Gasteiger partial charge in [0.15, 0.2) is 0 Å². The minimum Gasteiger partial charge on any atom is -0.309 e. The second kappa shape index (κ2) is 5.28. The molecule has 2 heteroatoms. The summed E-state index contributed by atoms with van der Waals surface area (Å²) in [7, 11) is 0. The molecule has 0 atom stereocenters. The van der Waals surface area contributed by atoms with E-state index < -0.39 is 0 Å². The van der Waals surface area contributed by atoms with Crippen molar-refractivity contribution in [3.8, 4) is 0 Å². The fraction of sp³-hybridized carbons (Fsp3) is 0.286. The van der Waals surface area contributed by atoms with Gasteiger partial charge in [0.25, 0.3) is 0 Å². The zero-order chi connectivity index (χ0) is 11.4. The molecule has 1 heterocycles. The Kier molecular flexibility index (Phi) is 3.75. The Labute approximate surface area is 101 Å². The molecule has 0 saturated heterocycles. The SMILES string of the molecule is Cc1ccccc1CNCc1cscc1C. The minimum absolute atomic E-state index is 0.946. The largest absolute Gasteiger partial charge is 0.309 e. The third-order valence-electron chi connectivity index (χ3n) is 2.85. The topological polar surface area (TPSA) is 12.0 Å². The van der Waals surface area contributed by atoms with Crippen LogP contribution in [-0.4, -0.2) is 0 Å². The number of aryl methyl sites for hydroxylation is 2. The fourth-order valence-electron chi connectivity index (χ4n) is 1.71. The van der Waals surface area contributed by atoms with Crippen molar-refractivity contribution in [2.24, 2.45) is 0 Å². The van der Waals surface area contributed by atoms with Crippen molar-refractivity contribution >= 4 is 11.3 Å². The normalized spacial score (nSPS) is 10.6. The van der Waals surface area contributed by atoms with Crippen LogP contribution in [0.4, 0.5) is 0 Å². The van der Waals surface area contributed by atoms with Crippen LogP contribution in [0.15, 0.2) is 35.0 Å². The van der Waals surface area contributed by atoms with Crippen LogP contribution in [0, 0.1) is 13.8 Å². The molecule has 1 aromatic carbocycles. The minimum atomic E-state index is 0.946. The van der Waals surface area contributed by atoms with Crippen LogP contribution in [0.3, 0.4) is 0 Å². The fourth-order valence-corrected chi connectivity index (χ4v) is 2.57. The average molecular weight is 231 g/mol. The van der Waals surface area contributed by atoms with E-state index in [9.17, 15) is 0 Å². The summed E-state index contributed by atoms with van der Waals surface area (Å²) in [6.45, 7) is 6.24. The number of hydrogen-bond acceptors (Lipinski definition) is 2. The quantitative estimate of drug-likeness (QED) is 0.847. The Morgan fingerprint density at radius 3 is 2.38 bits per heavy atom. The van der Waals surface area contributed by atoms with Gasteiger partial charge < -0.3 is 5.32 Å². The molecule has 0 radical (unpaired) electrons. The third-order valence-corrected chi connectivity index (χ3v) is 3.76. The number of benzene rings is 1. The second-order valence-electron chi connectivity index (χ2n) is 4.11. The molecule has 1 aromatic heterocycles. The molecule has 16 heavy (non-hydrogen) atoms. The Morgan fingerprint density at radius 1 is 0.938 bits per heavy atom. The van der Waals surface area contributed by atoms with Gasteiger partial charge >= 0.3 is 0 Å². The molecule has 0 unspecified atom stereocenters. The molecule has 0 bridgehead atoms. The van der Waals surface area contributed by atoms with E-state index in [-0.39, 0.29) is 0 Å². The van der Waals surface area contributed by atoms with E-state index in [0.717, 1.165) is 13.1 Å². The summed E-state index contributed by atoms with van der Waals surface area (Å²) in [6.07, 6.45) is 0. The van der Waals surface area contributed by atoms with E-state index >= 15 is 0 Å². The van der Waals surface area contributed by atoms with E-state index in [1.54, 1.807) is 11.3 Å². The molecule has 0 fully saturated rings. The first kappa shape index (κ1) is 11.4. The van der Waals surface area contributed by atoms with Gasteiger partial charge in [-0.15, -0.1) is 0 Å². The van der Waals surface area contributed by atoms with Gasteiger partial charge in [0.05, 0.1) is 0 Å². The van der Waals surface area contributed by atoms with Crippen LogP contribution in [-0.2, 0) is 13.1 Å². The zero-order valence-electron chi connectivity index (χ0n) is 9.79. The van der Waals surface area contributed by atoms with Crippen LogP contribution in [0.2, 0.25) is 0 Å². The van der Waals surface area contributed by atoms with Gasteiger partial charge in [0.1, 0.15) is 0 Å². The van der Waals surface area contributed by atoms with Crippen molar-refractivity contribution in [1.82, 2.24) is 5.32 Å². The van der Waals surface area contributed by atoms with Crippen LogP contribution in [0.5, 0.6) is 0 Å². The summed E-state index contributed by atoms with van der Waals surface area (Å²) in [6, 6.07) is 8.53. The Morgan fingerprint density at radius 2 is 1.69 bits per heavy atom. The molecule has 2 rings (SSSR count). The molecule has 0 aliphatic rings. The monoisotopic (exact) mass is 231 g/mol. The van der Waals surface area contributed by atoms with Crippen molar-refractivity contribution in [1.29, 1.82) is 0 Å². The average Bonchev–Trinajstić information content (AvgIpc) is 2.67.